The fraction of sp³-hybridized carbons (Fsp3) is 0.308. The van der Waals surface area contributed by atoms with Crippen LogP contribution in [-0.4, -0.2) is 17.0 Å². The van der Waals surface area contributed by atoms with E-state index in [0.717, 1.165) is 17.3 Å². The van der Waals surface area contributed by atoms with Crippen LogP contribution in [0.15, 0.2) is 40.4 Å². The summed E-state index contributed by atoms with van der Waals surface area (Å²) in [5.41, 5.74) is 1.17. The van der Waals surface area contributed by atoms with E-state index in [9.17, 15) is 9.90 Å². The molecule has 1 atom stereocenters. The van der Waals surface area contributed by atoms with Gasteiger partial charge in [-0.1, -0.05) is 34.1 Å². The summed E-state index contributed by atoms with van der Waals surface area (Å²) in [6, 6.07) is 7.26. The van der Waals surface area contributed by atoms with Crippen molar-refractivity contribution in [3.63, 3.8) is 0 Å². The van der Waals surface area contributed by atoms with Crippen molar-refractivity contribution in [3.05, 3.63) is 46.0 Å². The van der Waals surface area contributed by atoms with E-state index >= 15 is 0 Å². The van der Waals surface area contributed by atoms with E-state index in [4.69, 9.17) is 0 Å². The molecule has 1 N–H and O–H groups in total. The van der Waals surface area contributed by atoms with Crippen LogP contribution in [0.5, 0.6) is 0 Å². The molecule has 3 heteroatoms. The molecular formula is C13H13BrO2. The van der Waals surface area contributed by atoms with Crippen molar-refractivity contribution in [3.8, 4) is 0 Å². The Morgan fingerprint density at radius 1 is 1.44 bits per heavy atom. The van der Waals surface area contributed by atoms with E-state index in [2.05, 4.69) is 15.9 Å². The van der Waals surface area contributed by atoms with Crippen LogP contribution in [0.1, 0.15) is 29.6 Å². The molecule has 0 bridgehead atoms. The molecule has 0 unspecified atom stereocenters. The van der Waals surface area contributed by atoms with Crippen LogP contribution in [0.25, 0.3) is 0 Å². The lowest BCUT2D eigenvalue weighted by atomic mass is 9.91. The van der Waals surface area contributed by atoms with Crippen LogP contribution >= 0.6 is 15.9 Å². The minimum absolute atomic E-state index is 0.0616. The third-order valence-electron chi connectivity index (χ3n) is 2.75. The van der Waals surface area contributed by atoms with E-state index < -0.39 is 6.10 Å². The van der Waals surface area contributed by atoms with Gasteiger partial charge in [0.1, 0.15) is 0 Å². The van der Waals surface area contributed by atoms with E-state index in [1.807, 2.05) is 18.2 Å². The maximum Gasteiger partial charge on any atom is 0.191 e. The van der Waals surface area contributed by atoms with Gasteiger partial charge in [0, 0.05) is 15.6 Å². The second kappa shape index (κ2) is 4.93. The molecule has 0 amide bonds. The summed E-state index contributed by atoms with van der Waals surface area (Å²) in [4.78, 5) is 12.1. The number of allylic oxidation sites excluding steroid dienone is 1. The minimum atomic E-state index is -0.597. The van der Waals surface area contributed by atoms with Gasteiger partial charge in [0.05, 0.1) is 6.10 Å². The Morgan fingerprint density at radius 2 is 2.25 bits per heavy atom. The third-order valence-corrected chi connectivity index (χ3v) is 3.25. The largest absolute Gasteiger partial charge is 0.388 e. The highest BCUT2D eigenvalue weighted by Gasteiger charge is 2.22. The first-order valence-corrected chi connectivity index (χ1v) is 6.16. The fourth-order valence-corrected chi connectivity index (χ4v) is 2.30. The first kappa shape index (κ1) is 11.6. The Bertz CT molecular complexity index is 437. The average Bonchev–Trinajstić information content (AvgIpc) is 2.29. The summed E-state index contributed by atoms with van der Waals surface area (Å²) >= 11 is 3.34. The number of Topliss-reactive ketones (excluding diaryl/α,β-unsaturated/α-hetero) is 1. The Kier molecular flexibility index (Phi) is 3.56. The van der Waals surface area contributed by atoms with Crippen molar-refractivity contribution in [2.45, 2.75) is 25.4 Å². The van der Waals surface area contributed by atoms with Gasteiger partial charge in [-0.25, -0.2) is 0 Å². The van der Waals surface area contributed by atoms with E-state index in [-0.39, 0.29) is 5.78 Å². The van der Waals surface area contributed by atoms with Crippen LogP contribution in [0, 0.1) is 0 Å². The molecule has 16 heavy (non-hydrogen) atoms. The number of hydrogen-bond donors (Lipinski definition) is 1. The summed E-state index contributed by atoms with van der Waals surface area (Å²) in [6.45, 7) is 0. The number of ketones is 1. The standard InChI is InChI=1S/C13H13BrO2/c14-10-5-3-4-9(8-10)13(16)11-6-1-2-7-12(11)15/h3-6,8,12,15H,1-2,7H2/t12-/m0/s1. The van der Waals surface area contributed by atoms with Crippen LogP contribution < -0.4 is 0 Å². The van der Waals surface area contributed by atoms with Crippen molar-refractivity contribution in [1.29, 1.82) is 0 Å². The molecule has 0 heterocycles. The monoisotopic (exact) mass is 280 g/mol. The second-order valence-corrected chi connectivity index (χ2v) is 4.86. The predicted molar refractivity (Wildman–Crippen MR) is 66.4 cm³/mol. The molecule has 1 aliphatic carbocycles. The van der Waals surface area contributed by atoms with Crippen molar-refractivity contribution in [1.82, 2.24) is 0 Å². The topological polar surface area (TPSA) is 37.3 Å². The van der Waals surface area contributed by atoms with Gasteiger partial charge in [-0.3, -0.25) is 4.79 Å². The SMILES string of the molecule is O=C(C1=CCCC[C@@H]1O)c1cccc(Br)c1. The summed E-state index contributed by atoms with van der Waals surface area (Å²) in [6.07, 6.45) is 3.78. The van der Waals surface area contributed by atoms with Crippen LogP contribution in [-0.2, 0) is 0 Å². The zero-order chi connectivity index (χ0) is 11.5. The molecule has 1 aliphatic rings. The molecule has 0 aromatic heterocycles. The number of aliphatic hydroxyl groups is 1. The summed E-state index contributed by atoms with van der Waals surface area (Å²) in [5, 5.41) is 9.77. The van der Waals surface area contributed by atoms with Gasteiger partial charge in [-0.2, -0.15) is 0 Å². The Labute approximate surface area is 103 Å². The third kappa shape index (κ3) is 2.42. The highest BCUT2D eigenvalue weighted by molar-refractivity contribution is 9.10. The Morgan fingerprint density at radius 3 is 2.94 bits per heavy atom. The molecule has 2 rings (SSSR count). The second-order valence-electron chi connectivity index (χ2n) is 3.95. The lowest BCUT2D eigenvalue weighted by molar-refractivity contribution is 0.0975. The van der Waals surface area contributed by atoms with Gasteiger partial charge in [0.2, 0.25) is 0 Å². The molecular weight excluding hydrogens is 268 g/mol. The Hall–Kier alpha value is -0.930. The van der Waals surface area contributed by atoms with Gasteiger partial charge < -0.3 is 5.11 Å². The molecule has 0 saturated heterocycles. The molecule has 0 radical (unpaired) electrons. The number of halogens is 1. The number of rotatable bonds is 2. The fourth-order valence-electron chi connectivity index (χ4n) is 1.90. The lowest BCUT2D eigenvalue weighted by Crippen LogP contribution is -2.20. The first-order chi connectivity index (χ1) is 7.68. The quantitative estimate of drug-likeness (QED) is 0.846. The van der Waals surface area contributed by atoms with E-state index in [0.29, 0.717) is 17.6 Å². The molecule has 1 aromatic rings. The summed E-state index contributed by atoms with van der Waals surface area (Å²) < 4.78 is 0.879. The molecule has 0 fully saturated rings. The van der Waals surface area contributed by atoms with Gasteiger partial charge in [0.25, 0.3) is 0 Å². The number of benzene rings is 1. The highest BCUT2D eigenvalue weighted by Crippen LogP contribution is 2.23. The van der Waals surface area contributed by atoms with Crippen LogP contribution in [0.3, 0.4) is 0 Å². The number of carbonyl (C=O) groups excluding carboxylic acids is 1. The highest BCUT2D eigenvalue weighted by atomic mass is 79.9. The summed E-state index contributed by atoms with van der Waals surface area (Å²) in [7, 11) is 0. The van der Waals surface area contributed by atoms with Crippen molar-refractivity contribution in [2.75, 3.05) is 0 Å². The minimum Gasteiger partial charge on any atom is -0.388 e. The Balaban J connectivity index is 2.28. The molecule has 0 saturated carbocycles. The van der Waals surface area contributed by atoms with Gasteiger partial charge in [0.15, 0.2) is 5.78 Å². The molecule has 0 spiro atoms. The van der Waals surface area contributed by atoms with E-state index in [1.54, 1.807) is 12.1 Å². The maximum absolute atomic E-state index is 12.1. The van der Waals surface area contributed by atoms with Crippen molar-refractivity contribution >= 4 is 21.7 Å². The zero-order valence-electron chi connectivity index (χ0n) is 8.82. The molecule has 2 nitrogen and oxygen atoms in total. The maximum atomic E-state index is 12.1. The molecule has 0 aliphatic heterocycles. The van der Waals surface area contributed by atoms with Gasteiger partial charge >= 0.3 is 0 Å². The normalized spacial score (nSPS) is 20.4. The number of hydrogen-bond acceptors (Lipinski definition) is 2. The van der Waals surface area contributed by atoms with E-state index in [1.165, 1.54) is 0 Å². The average molecular weight is 281 g/mol. The van der Waals surface area contributed by atoms with Gasteiger partial charge in [-0.05, 0) is 31.4 Å². The molecule has 1 aromatic carbocycles. The lowest BCUT2D eigenvalue weighted by Gasteiger charge is -2.18. The zero-order valence-corrected chi connectivity index (χ0v) is 10.4. The van der Waals surface area contributed by atoms with Crippen molar-refractivity contribution in [2.24, 2.45) is 0 Å². The van der Waals surface area contributed by atoms with Crippen molar-refractivity contribution < 1.29 is 9.90 Å². The molecule has 84 valence electrons. The van der Waals surface area contributed by atoms with Crippen LogP contribution in [0.2, 0.25) is 0 Å². The first-order valence-electron chi connectivity index (χ1n) is 5.37. The number of aliphatic hydroxyl groups excluding tert-OH is 1. The predicted octanol–water partition coefficient (Wildman–Crippen LogP) is 3.10. The number of carbonyl (C=O) groups is 1. The summed E-state index contributed by atoms with van der Waals surface area (Å²) in [5.74, 6) is -0.0616. The van der Waals surface area contributed by atoms with Crippen LogP contribution in [0.4, 0.5) is 0 Å². The van der Waals surface area contributed by atoms with Gasteiger partial charge in [-0.15, -0.1) is 0 Å². The smallest absolute Gasteiger partial charge is 0.191 e.